The van der Waals surface area contributed by atoms with Gasteiger partial charge in [0.1, 0.15) is 6.61 Å². The predicted molar refractivity (Wildman–Crippen MR) is 176 cm³/mol. The van der Waals surface area contributed by atoms with Crippen molar-refractivity contribution in [1.29, 1.82) is 0 Å². The molecule has 0 aliphatic rings. The number of nitrogens with zero attached hydrogens (tertiary/aromatic N) is 2. The zero-order valence-electron chi connectivity index (χ0n) is 22.8. The fraction of sp³-hybridized carbons (Fsp3) is 0.0571. The van der Waals surface area contributed by atoms with Crippen molar-refractivity contribution in [3.63, 3.8) is 0 Å². The van der Waals surface area contributed by atoms with Crippen LogP contribution < -0.4 is 14.9 Å². The molecule has 1 aromatic heterocycles. The minimum atomic E-state index is -0.320. The Morgan fingerprint density at radius 3 is 2.48 bits per heavy atom. The van der Waals surface area contributed by atoms with Gasteiger partial charge in [0, 0.05) is 10.9 Å². The van der Waals surface area contributed by atoms with Gasteiger partial charge in [-0.25, -0.2) is 10.4 Å². The molecule has 0 aliphatic heterocycles. The van der Waals surface area contributed by atoms with E-state index in [1.54, 1.807) is 19.4 Å². The highest BCUT2D eigenvalue weighted by molar-refractivity contribution is 14.1. The van der Waals surface area contributed by atoms with Crippen LogP contribution >= 0.6 is 22.6 Å². The second kappa shape index (κ2) is 12.4. The number of hydrazone groups is 1. The maximum Gasteiger partial charge on any atom is 0.272 e. The average Bonchev–Trinajstić information content (AvgIpc) is 3.03. The van der Waals surface area contributed by atoms with Crippen molar-refractivity contribution >= 4 is 56.4 Å². The molecule has 0 bridgehead atoms. The average molecular weight is 664 g/mol. The van der Waals surface area contributed by atoms with Crippen molar-refractivity contribution in [3.05, 3.63) is 136 Å². The van der Waals surface area contributed by atoms with E-state index in [9.17, 15) is 4.79 Å². The van der Waals surface area contributed by atoms with Crippen LogP contribution in [0.2, 0.25) is 0 Å². The molecule has 1 amide bonds. The van der Waals surface area contributed by atoms with Crippen LogP contribution in [0.5, 0.6) is 11.5 Å². The Morgan fingerprint density at radius 1 is 0.881 bits per heavy atom. The van der Waals surface area contributed by atoms with Crippen LogP contribution in [0.15, 0.2) is 120 Å². The first kappa shape index (κ1) is 27.4. The molecular weight excluding hydrogens is 637 g/mol. The largest absolute Gasteiger partial charge is 0.493 e. The summed E-state index contributed by atoms with van der Waals surface area (Å²) in [6.45, 7) is 0.408. The van der Waals surface area contributed by atoms with Crippen LogP contribution in [0.4, 0.5) is 0 Å². The number of nitrogens with one attached hydrogen (secondary N) is 1. The summed E-state index contributed by atoms with van der Waals surface area (Å²) in [5.41, 5.74) is 7.41. The quantitative estimate of drug-likeness (QED) is 0.102. The maximum absolute atomic E-state index is 13.3. The van der Waals surface area contributed by atoms with Crippen molar-refractivity contribution in [2.75, 3.05) is 7.11 Å². The summed E-state index contributed by atoms with van der Waals surface area (Å²) in [4.78, 5) is 18.0. The number of carbonyl (C=O) groups is 1. The SMILES string of the molecule is COc1cc(/C=N/NC(=O)c2cc(-c3ccccc3)nc3ccccc23)cc(I)c1OCc1ccc2ccccc2c1. The normalized spacial score (nSPS) is 11.2. The molecule has 0 fully saturated rings. The van der Waals surface area contributed by atoms with Crippen LogP contribution in [0.25, 0.3) is 32.9 Å². The van der Waals surface area contributed by atoms with E-state index in [1.807, 2.05) is 78.9 Å². The number of rotatable bonds is 8. The molecule has 0 saturated carbocycles. The summed E-state index contributed by atoms with van der Waals surface area (Å²) >= 11 is 2.22. The van der Waals surface area contributed by atoms with E-state index in [4.69, 9.17) is 14.5 Å². The van der Waals surface area contributed by atoms with Gasteiger partial charge in [0.15, 0.2) is 11.5 Å². The van der Waals surface area contributed by atoms with Crippen LogP contribution in [-0.4, -0.2) is 24.2 Å². The van der Waals surface area contributed by atoms with Gasteiger partial charge in [-0.3, -0.25) is 4.79 Å². The summed E-state index contributed by atoms with van der Waals surface area (Å²) < 4.78 is 12.7. The zero-order chi connectivity index (χ0) is 28.9. The van der Waals surface area contributed by atoms with E-state index in [2.05, 4.69) is 63.4 Å². The molecule has 0 aliphatic carbocycles. The topological polar surface area (TPSA) is 72.8 Å². The van der Waals surface area contributed by atoms with Crippen molar-refractivity contribution in [1.82, 2.24) is 10.4 Å². The van der Waals surface area contributed by atoms with Gasteiger partial charge in [0.05, 0.1) is 33.7 Å². The number of carbonyl (C=O) groups excluding carboxylic acids is 1. The summed E-state index contributed by atoms with van der Waals surface area (Å²) in [6, 6.07) is 37.5. The summed E-state index contributed by atoms with van der Waals surface area (Å²) in [6.07, 6.45) is 1.59. The molecule has 1 heterocycles. The number of hydrogen-bond donors (Lipinski definition) is 1. The predicted octanol–water partition coefficient (Wildman–Crippen LogP) is 8.01. The molecular formula is C35H26IN3O3. The zero-order valence-corrected chi connectivity index (χ0v) is 24.9. The number of aromatic nitrogens is 1. The molecule has 0 unspecified atom stereocenters. The molecule has 6 nitrogen and oxygen atoms in total. The van der Waals surface area contributed by atoms with Gasteiger partial charge in [-0.1, -0.05) is 84.9 Å². The van der Waals surface area contributed by atoms with Gasteiger partial charge in [0.25, 0.3) is 5.91 Å². The molecule has 5 aromatic carbocycles. The van der Waals surface area contributed by atoms with Gasteiger partial charge in [-0.15, -0.1) is 0 Å². The Hall–Kier alpha value is -4.76. The third-order valence-electron chi connectivity index (χ3n) is 6.86. The Labute approximate surface area is 257 Å². The van der Waals surface area contributed by atoms with Crippen LogP contribution in [0, 0.1) is 3.57 Å². The Balaban J connectivity index is 1.19. The molecule has 6 rings (SSSR count). The molecule has 0 atom stereocenters. The number of ether oxygens (including phenoxy) is 2. The van der Waals surface area contributed by atoms with E-state index in [1.165, 1.54) is 10.8 Å². The minimum absolute atomic E-state index is 0.320. The summed E-state index contributed by atoms with van der Waals surface area (Å²) in [5, 5.41) is 7.37. The first-order valence-corrected chi connectivity index (χ1v) is 14.4. The lowest BCUT2D eigenvalue weighted by atomic mass is 10.0. The van der Waals surface area contributed by atoms with Gasteiger partial charge >= 0.3 is 0 Å². The van der Waals surface area contributed by atoms with Crippen molar-refractivity contribution in [2.45, 2.75) is 6.61 Å². The lowest BCUT2D eigenvalue weighted by Crippen LogP contribution is -2.18. The molecule has 0 radical (unpaired) electrons. The van der Waals surface area contributed by atoms with Gasteiger partial charge < -0.3 is 9.47 Å². The fourth-order valence-electron chi connectivity index (χ4n) is 4.78. The lowest BCUT2D eigenvalue weighted by molar-refractivity contribution is 0.0956. The first-order chi connectivity index (χ1) is 20.6. The summed E-state index contributed by atoms with van der Waals surface area (Å²) in [7, 11) is 1.61. The van der Waals surface area contributed by atoms with E-state index in [0.717, 1.165) is 36.9 Å². The number of halogens is 1. The monoisotopic (exact) mass is 663 g/mol. The lowest BCUT2D eigenvalue weighted by Gasteiger charge is -2.14. The fourth-order valence-corrected chi connectivity index (χ4v) is 5.57. The number of amides is 1. The Bertz CT molecular complexity index is 1940. The molecule has 7 heteroatoms. The second-order valence-corrected chi connectivity index (χ2v) is 10.8. The highest BCUT2D eigenvalue weighted by atomic mass is 127. The number of para-hydroxylation sites is 1. The number of methoxy groups -OCH3 is 1. The molecule has 1 N–H and O–H groups in total. The van der Waals surface area contributed by atoms with Crippen LogP contribution in [0.3, 0.4) is 0 Å². The van der Waals surface area contributed by atoms with E-state index in [0.29, 0.717) is 23.7 Å². The van der Waals surface area contributed by atoms with E-state index < -0.39 is 0 Å². The van der Waals surface area contributed by atoms with E-state index >= 15 is 0 Å². The van der Waals surface area contributed by atoms with Gasteiger partial charge in [-0.05, 0) is 74.8 Å². The van der Waals surface area contributed by atoms with Crippen molar-refractivity contribution in [3.8, 4) is 22.8 Å². The highest BCUT2D eigenvalue weighted by Gasteiger charge is 2.15. The Kier molecular flexibility index (Phi) is 8.09. The number of fused-ring (bicyclic) bond motifs is 2. The highest BCUT2D eigenvalue weighted by Crippen LogP contribution is 2.34. The van der Waals surface area contributed by atoms with Crippen molar-refractivity contribution in [2.24, 2.45) is 5.10 Å². The third-order valence-corrected chi connectivity index (χ3v) is 7.66. The Morgan fingerprint density at radius 2 is 1.64 bits per heavy atom. The molecule has 6 aromatic rings. The minimum Gasteiger partial charge on any atom is -0.493 e. The second-order valence-electron chi connectivity index (χ2n) is 9.64. The maximum atomic E-state index is 13.3. The number of hydrogen-bond acceptors (Lipinski definition) is 5. The van der Waals surface area contributed by atoms with Crippen molar-refractivity contribution < 1.29 is 14.3 Å². The number of benzene rings is 5. The third kappa shape index (κ3) is 5.96. The molecule has 42 heavy (non-hydrogen) atoms. The van der Waals surface area contributed by atoms with Gasteiger partial charge in [-0.2, -0.15) is 5.10 Å². The first-order valence-electron chi connectivity index (χ1n) is 13.4. The molecule has 0 saturated heterocycles. The standard InChI is InChI=1S/C35H26IN3O3/c1-41-33-19-24(18-30(36)34(33)42-22-23-15-16-25-9-5-6-12-27(25)17-23)21-37-39-35(40)29-20-32(26-10-3-2-4-11-26)38-31-14-8-7-13-28(29)31/h2-21H,22H2,1H3,(H,39,40)/b37-21+. The summed E-state index contributed by atoms with van der Waals surface area (Å²) in [5.74, 6) is 0.922. The smallest absolute Gasteiger partial charge is 0.272 e. The van der Waals surface area contributed by atoms with E-state index in [-0.39, 0.29) is 5.91 Å². The number of pyridine rings is 1. The van der Waals surface area contributed by atoms with Crippen LogP contribution in [-0.2, 0) is 6.61 Å². The van der Waals surface area contributed by atoms with Gasteiger partial charge in [0.2, 0.25) is 0 Å². The van der Waals surface area contributed by atoms with Crippen LogP contribution in [0.1, 0.15) is 21.5 Å². The molecule has 0 spiro atoms. The molecule has 206 valence electrons.